The van der Waals surface area contributed by atoms with E-state index in [-0.39, 0.29) is 11.8 Å². The summed E-state index contributed by atoms with van der Waals surface area (Å²) >= 11 is 0. The molecule has 0 unspecified atom stereocenters. The molecule has 0 spiro atoms. The van der Waals surface area contributed by atoms with Crippen molar-refractivity contribution in [1.29, 1.82) is 0 Å². The molecule has 5 heteroatoms. The molecule has 0 aliphatic heterocycles. The Hall–Kier alpha value is -3.08. The van der Waals surface area contributed by atoms with Gasteiger partial charge in [-0.1, -0.05) is 31.2 Å². The maximum absolute atomic E-state index is 12.2. The van der Waals surface area contributed by atoms with E-state index in [4.69, 9.17) is 0 Å². The summed E-state index contributed by atoms with van der Waals surface area (Å²) in [5.74, 6) is -0.469. The second-order valence-corrected chi connectivity index (χ2v) is 6.11. The van der Waals surface area contributed by atoms with Gasteiger partial charge in [0.1, 0.15) is 0 Å². The highest BCUT2D eigenvalue weighted by atomic mass is 16.2. The first-order chi connectivity index (χ1) is 12.5. The summed E-state index contributed by atoms with van der Waals surface area (Å²) in [6.07, 6.45) is 4.07. The van der Waals surface area contributed by atoms with Gasteiger partial charge >= 0.3 is 0 Å². The number of nitrogens with one attached hydrogen (secondary N) is 2. The van der Waals surface area contributed by atoms with Gasteiger partial charge < -0.3 is 15.5 Å². The minimum atomic E-state index is -0.280. The molecule has 0 fully saturated rings. The molecular weight excluding hydrogens is 326 g/mol. The van der Waals surface area contributed by atoms with Crippen LogP contribution in [-0.2, 0) is 4.79 Å². The molecule has 136 valence electrons. The predicted molar refractivity (Wildman–Crippen MR) is 107 cm³/mol. The number of carbonyl (C=O) groups is 2. The Morgan fingerprint density at radius 2 is 1.73 bits per heavy atom. The van der Waals surface area contributed by atoms with E-state index in [0.717, 1.165) is 17.7 Å². The number of amides is 2. The molecule has 0 heterocycles. The van der Waals surface area contributed by atoms with Crippen LogP contribution >= 0.6 is 0 Å². The average Bonchev–Trinajstić information content (AvgIpc) is 2.65. The molecule has 2 aromatic carbocycles. The topological polar surface area (TPSA) is 61.4 Å². The zero-order valence-corrected chi connectivity index (χ0v) is 15.5. The third kappa shape index (κ3) is 5.48. The Kier molecular flexibility index (Phi) is 6.97. The lowest BCUT2D eigenvalue weighted by molar-refractivity contribution is -0.111. The Bertz CT molecular complexity index is 780. The van der Waals surface area contributed by atoms with Crippen molar-refractivity contribution in [3.63, 3.8) is 0 Å². The van der Waals surface area contributed by atoms with Crippen molar-refractivity contribution in [3.05, 3.63) is 65.7 Å². The summed E-state index contributed by atoms with van der Waals surface area (Å²) in [7, 11) is 3.96. The smallest absolute Gasteiger partial charge is 0.253 e. The number of hydrogen-bond donors (Lipinski definition) is 2. The van der Waals surface area contributed by atoms with Gasteiger partial charge in [-0.25, -0.2) is 0 Å². The van der Waals surface area contributed by atoms with Gasteiger partial charge in [0.05, 0.1) is 11.3 Å². The number of anilines is 2. The first-order valence-electron chi connectivity index (χ1n) is 8.65. The van der Waals surface area contributed by atoms with Crippen molar-refractivity contribution < 1.29 is 9.59 Å². The lowest BCUT2D eigenvalue weighted by Gasteiger charge is -2.11. The number of para-hydroxylation sites is 1. The first kappa shape index (κ1) is 19.2. The average molecular weight is 351 g/mol. The fourth-order valence-corrected chi connectivity index (χ4v) is 2.35. The van der Waals surface area contributed by atoms with E-state index in [2.05, 4.69) is 10.6 Å². The minimum Gasteiger partial charge on any atom is -0.378 e. The minimum absolute atomic E-state index is 0.189. The molecule has 2 aromatic rings. The highest BCUT2D eigenvalue weighted by molar-refractivity contribution is 6.07. The summed E-state index contributed by atoms with van der Waals surface area (Å²) in [5, 5.41) is 5.60. The van der Waals surface area contributed by atoms with Crippen LogP contribution in [0.2, 0.25) is 0 Å². The van der Waals surface area contributed by atoms with Crippen LogP contribution in [0.5, 0.6) is 0 Å². The third-order valence-corrected chi connectivity index (χ3v) is 3.80. The Labute approximate surface area is 154 Å². The van der Waals surface area contributed by atoms with Gasteiger partial charge in [0.15, 0.2) is 0 Å². The largest absolute Gasteiger partial charge is 0.378 e. The van der Waals surface area contributed by atoms with Crippen LogP contribution in [0.1, 0.15) is 29.3 Å². The zero-order valence-electron chi connectivity index (χ0n) is 15.5. The summed E-state index contributed by atoms with van der Waals surface area (Å²) in [6.45, 7) is 2.59. The molecule has 0 aliphatic rings. The van der Waals surface area contributed by atoms with Gasteiger partial charge in [0.2, 0.25) is 5.91 Å². The SMILES string of the molecule is CCCNC(=O)c1ccccc1NC(=O)/C=C/c1ccc(N(C)C)cc1. The molecule has 0 radical (unpaired) electrons. The fraction of sp³-hybridized carbons (Fsp3) is 0.238. The van der Waals surface area contributed by atoms with Gasteiger partial charge in [-0.2, -0.15) is 0 Å². The molecule has 5 nitrogen and oxygen atoms in total. The Morgan fingerprint density at radius 3 is 2.38 bits per heavy atom. The van der Waals surface area contributed by atoms with Crippen LogP contribution in [0.25, 0.3) is 6.08 Å². The lowest BCUT2D eigenvalue weighted by Crippen LogP contribution is -2.25. The standard InChI is InChI=1S/C21H25N3O2/c1-4-15-22-21(26)18-7-5-6-8-19(18)23-20(25)14-11-16-9-12-17(13-10-16)24(2)3/h5-14H,4,15H2,1-3H3,(H,22,26)(H,23,25)/b14-11+. The molecule has 0 saturated carbocycles. The van der Waals surface area contributed by atoms with Crippen molar-refractivity contribution in [2.45, 2.75) is 13.3 Å². The molecule has 0 aliphatic carbocycles. The quantitative estimate of drug-likeness (QED) is 0.750. The highest BCUT2D eigenvalue weighted by Gasteiger charge is 2.11. The van der Waals surface area contributed by atoms with E-state index in [1.165, 1.54) is 6.08 Å². The first-order valence-corrected chi connectivity index (χ1v) is 8.65. The molecule has 0 atom stereocenters. The Morgan fingerprint density at radius 1 is 1.04 bits per heavy atom. The van der Waals surface area contributed by atoms with Crippen LogP contribution < -0.4 is 15.5 Å². The van der Waals surface area contributed by atoms with Gasteiger partial charge in [0.25, 0.3) is 5.91 Å². The normalized spacial score (nSPS) is 10.6. The van der Waals surface area contributed by atoms with Crippen molar-refractivity contribution in [2.24, 2.45) is 0 Å². The lowest BCUT2D eigenvalue weighted by atomic mass is 10.1. The van der Waals surface area contributed by atoms with Crippen molar-refractivity contribution in [2.75, 3.05) is 30.9 Å². The van der Waals surface area contributed by atoms with Gasteiger partial charge in [-0.05, 0) is 42.3 Å². The highest BCUT2D eigenvalue weighted by Crippen LogP contribution is 2.16. The summed E-state index contributed by atoms with van der Waals surface area (Å²) in [4.78, 5) is 26.4. The van der Waals surface area contributed by atoms with E-state index in [0.29, 0.717) is 17.8 Å². The molecule has 2 rings (SSSR count). The van der Waals surface area contributed by atoms with E-state index in [1.54, 1.807) is 30.3 Å². The van der Waals surface area contributed by atoms with Crippen LogP contribution in [0.15, 0.2) is 54.6 Å². The molecule has 2 amide bonds. The molecular formula is C21H25N3O2. The monoisotopic (exact) mass is 351 g/mol. The summed E-state index contributed by atoms with van der Waals surface area (Å²) in [5.41, 5.74) is 2.98. The fourth-order valence-electron chi connectivity index (χ4n) is 2.35. The maximum atomic E-state index is 12.2. The van der Waals surface area contributed by atoms with Gasteiger partial charge in [-0.3, -0.25) is 9.59 Å². The predicted octanol–water partition coefficient (Wildman–Crippen LogP) is 3.54. The van der Waals surface area contributed by atoms with Crippen molar-refractivity contribution in [1.82, 2.24) is 5.32 Å². The van der Waals surface area contributed by atoms with E-state index >= 15 is 0 Å². The second kappa shape index (κ2) is 9.42. The van der Waals surface area contributed by atoms with Crippen molar-refractivity contribution in [3.8, 4) is 0 Å². The van der Waals surface area contributed by atoms with Gasteiger partial charge in [0, 0.05) is 32.4 Å². The van der Waals surface area contributed by atoms with Crippen LogP contribution in [0.4, 0.5) is 11.4 Å². The second-order valence-electron chi connectivity index (χ2n) is 6.11. The number of benzene rings is 2. The number of rotatable bonds is 7. The van der Waals surface area contributed by atoms with E-state index in [9.17, 15) is 9.59 Å². The van der Waals surface area contributed by atoms with E-state index in [1.807, 2.05) is 50.2 Å². The molecule has 0 saturated heterocycles. The van der Waals surface area contributed by atoms with Crippen LogP contribution in [-0.4, -0.2) is 32.5 Å². The van der Waals surface area contributed by atoms with Gasteiger partial charge in [-0.15, -0.1) is 0 Å². The van der Waals surface area contributed by atoms with Crippen LogP contribution in [0, 0.1) is 0 Å². The van der Waals surface area contributed by atoms with Crippen molar-refractivity contribution >= 4 is 29.3 Å². The summed E-state index contributed by atoms with van der Waals surface area (Å²) in [6, 6.07) is 14.9. The zero-order chi connectivity index (χ0) is 18.9. The van der Waals surface area contributed by atoms with Crippen LogP contribution in [0.3, 0.4) is 0 Å². The number of hydrogen-bond acceptors (Lipinski definition) is 3. The Balaban J connectivity index is 2.04. The number of nitrogens with zero attached hydrogens (tertiary/aromatic N) is 1. The molecule has 0 bridgehead atoms. The summed E-state index contributed by atoms with van der Waals surface area (Å²) < 4.78 is 0. The molecule has 26 heavy (non-hydrogen) atoms. The number of carbonyl (C=O) groups excluding carboxylic acids is 2. The maximum Gasteiger partial charge on any atom is 0.253 e. The third-order valence-electron chi connectivity index (χ3n) is 3.80. The molecule has 2 N–H and O–H groups in total. The molecule has 0 aromatic heterocycles. The van der Waals surface area contributed by atoms with E-state index < -0.39 is 0 Å².